The van der Waals surface area contributed by atoms with Gasteiger partial charge in [-0.15, -0.1) is 0 Å². The van der Waals surface area contributed by atoms with Crippen LogP contribution in [0.15, 0.2) is 0 Å². The molecule has 0 aromatic heterocycles. The fourth-order valence-corrected chi connectivity index (χ4v) is 1.04. The van der Waals surface area contributed by atoms with Gasteiger partial charge in [0.1, 0.15) is 12.1 Å². The maximum Gasteiger partial charge on any atom is 0.321 e. The van der Waals surface area contributed by atoms with Crippen LogP contribution in [-0.4, -0.2) is 63.6 Å². The highest BCUT2D eigenvalue weighted by Gasteiger charge is 2.15. The van der Waals surface area contributed by atoms with Gasteiger partial charge in [-0.25, -0.2) is 0 Å². The zero-order valence-corrected chi connectivity index (χ0v) is 11.3. The van der Waals surface area contributed by atoms with Crippen LogP contribution in [0.1, 0.15) is 26.2 Å². The number of hydrogen-bond donors (Lipinski definition) is 6. The van der Waals surface area contributed by atoms with E-state index >= 15 is 0 Å². The maximum absolute atomic E-state index is 10.4. The highest BCUT2D eigenvalue weighted by atomic mass is 16.4. The van der Waals surface area contributed by atoms with E-state index in [1.54, 1.807) is 0 Å². The second-order valence-electron chi connectivity index (χ2n) is 3.90. The average Bonchev–Trinajstić information content (AvgIpc) is 2.34. The highest BCUT2D eigenvalue weighted by Crippen LogP contribution is 1.90. The number of rotatable bonds is 9. The van der Waals surface area contributed by atoms with Gasteiger partial charge < -0.3 is 31.5 Å². The van der Waals surface area contributed by atoms with Crippen molar-refractivity contribution in [3.63, 3.8) is 0 Å². The topological polar surface area (TPSA) is 170 Å². The number of carboxylic acid groups (broad SMARTS) is 3. The first-order valence-corrected chi connectivity index (χ1v) is 6.03. The third kappa shape index (κ3) is 12.7. The minimum atomic E-state index is -1.29. The van der Waals surface area contributed by atoms with E-state index in [0.717, 1.165) is 6.42 Å². The van der Waals surface area contributed by atoms with Gasteiger partial charge in [-0.1, -0.05) is 6.92 Å². The SMILES string of the molecule is CCCN[C@@H](CCO)C(=O)O.N[C@@H](CC(=O)O)C(=O)O. The molecular weight excluding hydrogens is 272 g/mol. The highest BCUT2D eigenvalue weighted by molar-refractivity contribution is 5.80. The predicted molar refractivity (Wildman–Crippen MR) is 69.3 cm³/mol. The van der Waals surface area contributed by atoms with Crippen LogP contribution in [0.4, 0.5) is 0 Å². The van der Waals surface area contributed by atoms with Gasteiger partial charge in [0.05, 0.1) is 6.42 Å². The smallest absolute Gasteiger partial charge is 0.321 e. The van der Waals surface area contributed by atoms with E-state index in [4.69, 9.17) is 26.2 Å². The van der Waals surface area contributed by atoms with Crippen LogP contribution in [0.25, 0.3) is 0 Å². The lowest BCUT2D eigenvalue weighted by Gasteiger charge is -2.11. The van der Waals surface area contributed by atoms with Crippen LogP contribution >= 0.6 is 0 Å². The lowest BCUT2D eigenvalue weighted by atomic mass is 10.2. The molecule has 20 heavy (non-hydrogen) atoms. The molecule has 0 rings (SSSR count). The minimum Gasteiger partial charge on any atom is -0.481 e. The molecule has 2 atom stereocenters. The van der Waals surface area contributed by atoms with Crippen molar-refractivity contribution in [3.8, 4) is 0 Å². The molecule has 0 aliphatic heterocycles. The third-order valence-electron chi connectivity index (χ3n) is 2.07. The molecule has 0 aromatic carbocycles. The van der Waals surface area contributed by atoms with Gasteiger partial charge in [0.25, 0.3) is 0 Å². The van der Waals surface area contributed by atoms with Crippen LogP contribution in [0.3, 0.4) is 0 Å². The summed E-state index contributed by atoms with van der Waals surface area (Å²) in [6, 6.07) is -1.89. The molecular formula is C11H22N2O7. The van der Waals surface area contributed by atoms with Crippen LogP contribution in [0, 0.1) is 0 Å². The number of hydrogen-bond acceptors (Lipinski definition) is 6. The monoisotopic (exact) mass is 294 g/mol. The summed E-state index contributed by atoms with van der Waals surface area (Å²) >= 11 is 0. The van der Waals surface area contributed by atoms with Crippen molar-refractivity contribution in [1.82, 2.24) is 5.32 Å². The van der Waals surface area contributed by atoms with E-state index in [0.29, 0.717) is 6.54 Å². The van der Waals surface area contributed by atoms with Gasteiger partial charge in [-0.3, -0.25) is 14.4 Å². The van der Waals surface area contributed by atoms with Crippen LogP contribution < -0.4 is 11.1 Å². The quantitative estimate of drug-likeness (QED) is 0.302. The largest absolute Gasteiger partial charge is 0.481 e. The summed E-state index contributed by atoms with van der Waals surface area (Å²) in [5, 5.41) is 35.9. The lowest BCUT2D eigenvalue weighted by molar-refractivity contribution is -0.144. The number of nitrogens with one attached hydrogen (secondary N) is 1. The summed E-state index contributed by atoms with van der Waals surface area (Å²) in [5.41, 5.74) is 4.84. The van der Waals surface area contributed by atoms with E-state index in [9.17, 15) is 14.4 Å². The Morgan fingerprint density at radius 3 is 1.95 bits per heavy atom. The van der Waals surface area contributed by atoms with E-state index in [-0.39, 0.29) is 13.0 Å². The van der Waals surface area contributed by atoms with E-state index in [2.05, 4.69) is 5.32 Å². The Balaban J connectivity index is 0. The Bertz CT molecular complexity index is 309. The van der Waals surface area contributed by atoms with Crippen molar-refractivity contribution in [2.45, 2.75) is 38.3 Å². The lowest BCUT2D eigenvalue weighted by Crippen LogP contribution is -2.37. The molecule has 0 aliphatic carbocycles. The van der Waals surface area contributed by atoms with Crippen molar-refractivity contribution >= 4 is 17.9 Å². The Kier molecular flexibility index (Phi) is 12.7. The summed E-state index contributed by atoms with van der Waals surface area (Å²) in [5.74, 6) is -3.39. The number of carboxylic acids is 3. The number of carbonyl (C=O) groups is 3. The molecule has 0 saturated carbocycles. The van der Waals surface area contributed by atoms with E-state index in [1.165, 1.54) is 0 Å². The van der Waals surface area contributed by atoms with Crippen LogP contribution in [-0.2, 0) is 14.4 Å². The molecule has 0 aliphatic rings. The fraction of sp³-hybridized carbons (Fsp3) is 0.727. The number of aliphatic carboxylic acids is 3. The van der Waals surface area contributed by atoms with Crippen molar-refractivity contribution in [2.75, 3.05) is 13.2 Å². The van der Waals surface area contributed by atoms with Crippen LogP contribution in [0.5, 0.6) is 0 Å². The molecule has 118 valence electrons. The van der Waals surface area contributed by atoms with Gasteiger partial charge in [-0.2, -0.15) is 0 Å². The summed E-state index contributed by atoms with van der Waals surface area (Å²) in [4.78, 5) is 30.0. The van der Waals surface area contributed by atoms with Gasteiger partial charge in [0.15, 0.2) is 0 Å². The third-order valence-corrected chi connectivity index (χ3v) is 2.07. The van der Waals surface area contributed by atoms with Gasteiger partial charge in [0, 0.05) is 6.61 Å². The normalized spacial score (nSPS) is 12.8. The molecule has 0 fully saturated rings. The molecule has 9 heteroatoms. The standard InChI is InChI=1S/C7H15NO3.C4H7NO4/c1-2-4-8-6(3-5-9)7(10)11;5-2(4(8)9)1-3(6)7/h6,8-9H,2-5H2,1H3,(H,10,11);2H,1,5H2,(H,6,7)(H,8,9)/t6-;2-/m00/s1. The Morgan fingerprint density at radius 2 is 1.70 bits per heavy atom. The van der Waals surface area contributed by atoms with E-state index in [1.807, 2.05) is 6.92 Å². The van der Waals surface area contributed by atoms with Crippen molar-refractivity contribution < 1.29 is 34.8 Å². The second kappa shape index (κ2) is 12.3. The minimum absolute atomic E-state index is 0.0896. The van der Waals surface area contributed by atoms with E-state index < -0.39 is 36.4 Å². The Labute approximate surface area is 116 Å². The first-order chi connectivity index (χ1) is 9.26. The summed E-state index contributed by atoms with van der Waals surface area (Å²) in [7, 11) is 0. The van der Waals surface area contributed by atoms with Gasteiger partial charge in [0.2, 0.25) is 0 Å². The zero-order chi connectivity index (χ0) is 16.1. The van der Waals surface area contributed by atoms with Gasteiger partial charge >= 0.3 is 17.9 Å². The molecule has 0 amide bonds. The van der Waals surface area contributed by atoms with Crippen LogP contribution in [0.2, 0.25) is 0 Å². The first-order valence-electron chi connectivity index (χ1n) is 6.03. The predicted octanol–water partition coefficient (Wildman–Crippen LogP) is -1.31. The molecule has 0 radical (unpaired) electrons. The second-order valence-corrected chi connectivity index (χ2v) is 3.90. The zero-order valence-electron chi connectivity index (χ0n) is 11.3. The molecule has 0 saturated heterocycles. The van der Waals surface area contributed by atoms with Gasteiger partial charge in [-0.05, 0) is 19.4 Å². The van der Waals surface area contributed by atoms with Crippen molar-refractivity contribution in [1.29, 1.82) is 0 Å². The molecule has 0 heterocycles. The summed E-state index contributed by atoms with van der Waals surface area (Å²) in [6.07, 6.45) is 0.639. The molecule has 0 spiro atoms. The van der Waals surface area contributed by atoms with Crippen molar-refractivity contribution in [3.05, 3.63) is 0 Å². The Morgan fingerprint density at radius 1 is 1.15 bits per heavy atom. The summed E-state index contributed by atoms with van der Waals surface area (Å²) < 4.78 is 0. The molecule has 0 aromatic rings. The molecule has 0 unspecified atom stereocenters. The molecule has 9 nitrogen and oxygen atoms in total. The molecule has 0 bridgehead atoms. The number of aliphatic hydroxyl groups is 1. The maximum atomic E-state index is 10.4. The summed E-state index contributed by atoms with van der Waals surface area (Å²) in [6.45, 7) is 2.55. The number of nitrogens with two attached hydrogens (primary N) is 1. The fourth-order valence-electron chi connectivity index (χ4n) is 1.04. The van der Waals surface area contributed by atoms with Crippen molar-refractivity contribution in [2.24, 2.45) is 5.73 Å². The first kappa shape index (κ1) is 20.6. The molecule has 7 N–H and O–H groups in total. The average molecular weight is 294 g/mol. The Hall–Kier alpha value is -1.71. The number of aliphatic hydroxyl groups excluding tert-OH is 1.